The maximum absolute atomic E-state index is 9.80. The quantitative estimate of drug-likeness (QED) is 0.715. The van der Waals surface area contributed by atoms with Crippen LogP contribution in [-0.4, -0.2) is 22.9 Å². The van der Waals surface area contributed by atoms with Crippen LogP contribution in [0, 0.1) is 11.8 Å². The maximum Gasteiger partial charge on any atom is 0.0568 e. The largest absolute Gasteiger partial charge is 0.396 e. The third-order valence-electron chi connectivity index (χ3n) is 3.48. The summed E-state index contributed by atoms with van der Waals surface area (Å²) in [5.74, 6) is 1.28. The Hall–Kier alpha value is -0.0800. The Bertz CT molecular complexity index is 147. The lowest BCUT2D eigenvalue weighted by Gasteiger charge is -2.33. The van der Waals surface area contributed by atoms with Gasteiger partial charge in [0.2, 0.25) is 0 Å². The molecule has 1 aliphatic rings. The van der Waals surface area contributed by atoms with E-state index < -0.39 is 0 Å². The number of rotatable bonds is 5. The third kappa shape index (κ3) is 3.58. The number of hydrogen-bond acceptors (Lipinski definition) is 2. The molecule has 0 bridgehead atoms. The minimum atomic E-state index is -0.102. The lowest BCUT2D eigenvalue weighted by Crippen LogP contribution is -2.29. The Balaban J connectivity index is 2.30. The summed E-state index contributed by atoms with van der Waals surface area (Å²) >= 11 is 0. The van der Waals surface area contributed by atoms with Crippen LogP contribution in [0.15, 0.2) is 0 Å². The summed E-state index contributed by atoms with van der Waals surface area (Å²) in [6.45, 7) is 2.50. The van der Waals surface area contributed by atoms with E-state index in [9.17, 15) is 5.11 Å². The fourth-order valence-electron chi connectivity index (χ4n) is 2.68. The highest BCUT2D eigenvalue weighted by Crippen LogP contribution is 2.34. The van der Waals surface area contributed by atoms with Gasteiger partial charge in [0.1, 0.15) is 0 Å². The van der Waals surface area contributed by atoms with E-state index in [0.29, 0.717) is 5.92 Å². The van der Waals surface area contributed by atoms with Crippen molar-refractivity contribution in [2.45, 2.75) is 58.0 Å². The molecule has 3 unspecified atom stereocenters. The average Bonchev–Trinajstić information content (AvgIpc) is 2.19. The van der Waals surface area contributed by atoms with Crippen molar-refractivity contribution in [3.8, 4) is 0 Å². The predicted molar refractivity (Wildman–Crippen MR) is 58.1 cm³/mol. The van der Waals surface area contributed by atoms with Gasteiger partial charge in [-0.15, -0.1) is 0 Å². The smallest absolute Gasteiger partial charge is 0.0568 e. The summed E-state index contributed by atoms with van der Waals surface area (Å²) in [5.41, 5.74) is 0. The Morgan fingerprint density at radius 2 is 2.00 bits per heavy atom. The molecule has 2 heteroatoms. The molecule has 1 aliphatic carbocycles. The van der Waals surface area contributed by atoms with E-state index in [2.05, 4.69) is 6.92 Å². The van der Waals surface area contributed by atoms with Crippen molar-refractivity contribution in [2.24, 2.45) is 11.8 Å². The molecule has 3 atom stereocenters. The molecule has 0 aromatic heterocycles. The lowest BCUT2D eigenvalue weighted by molar-refractivity contribution is 0.0386. The van der Waals surface area contributed by atoms with E-state index in [0.717, 1.165) is 25.2 Å². The molecule has 0 heterocycles. The van der Waals surface area contributed by atoms with Crippen LogP contribution in [-0.2, 0) is 0 Å². The number of aliphatic hydroxyl groups excluding tert-OH is 2. The molecule has 2 N–H and O–H groups in total. The summed E-state index contributed by atoms with van der Waals surface area (Å²) in [7, 11) is 0. The van der Waals surface area contributed by atoms with Crippen molar-refractivity contribution in [3.05, 3.63) is 0 Å². The van der Waals surface area contributed by atoms with Gasteiger partial charge in [-0.3, -0.25) is 0 Å². The lowest BCUT2D eigenvalue weighted by atomic mass is 9.76. The molecule has 84 valence electrons. The van der Waals surface area contributed by atoms with Crippen LogP contribution in [0.5, 0.6) is 0 Å². The minimum absolute atomic E-state index is 0.102. The van der Waals surface area contributed by atoms with E-state index in [-0.39, 0.29) is 12.7 Å². The monoisotopic (exact) mass is 200 g/mol. The first-order valence-electron chi connectivity index (χ1n) is 6.06. The van der Waals surface area contributed by atoms with Crippen LogP contribution in [0.3, 0.4) is 0 Å². The van der Waals surface area contributed by atoms with Crippen LogP contribution in [0.1, 0.15) is 51.9 Å². The molecular weight excluding hydrogens is 176 g/mol. The Morgan fingerprint density at radius 3 is 2.64 bits per heavy atom. The van der Waals surface area contributed by atoms with Gasteiger partial charge in [0, 0.05) is 6.61 Å². The van der Waals surface area contributed by atoms with Gasteiger partial charge in [-0.1, -0.05) is 19.8 Å². The van der Waals surface area contributed by atoms with E-state index in [4.69, 9.17) is 5.11 Å². The summed E-state index contributed by atoms with van der Waals surface area (Å²) in [4.78, 5) is 0. The Kier molecular flexibility index (Phi) is 5.49. The summed E-state index contributed by atoms with van der Waals surface area (Å²) in [6.07, 6.45) is 7.66. The van der Waals surface area contributed by atoms with Gasteiger partial charge in [0.15, 0.2) is 0 Å². The number of aliphatic hydroxyl groups is 2. The standard InChI is InChI=1S/C12H24O2/c1-2-4-10-6-7-12(14)11(9-10)5-3-8-13/h10-14H,2-9H2,1H3. The first-order chi connectivity index (χ1) is 6.77. The van der Waals surface area contributed by atoms with Crippen LogP contribution < -0.4 is 0 Å². The van der Waals surface area contributed by atoms with Gasteiger partial charge in [0.25, 0.3) is 0 Å². The summed E-state index contributed by atoms with van der Waals surface area (Å²) in [6, 6.07) is 0. The Morgan fingerprint density at radius 1 is 1.21 bits per heavy atom. The normalized spacial score (nSPS) is 33.2. The zero-order chi connectivity index (χ0) is 10.4. The molecular formula is C12H24O2. The zero-order valence-electron chi connectivity index (χ0n) is 9.28. The molecule has 0 radical (unpaired) electrons. The average molecular weight is 200 g/mol. The second kappa shape index (κ2) is 6.41. The molecule has 0 saturated heterocycles. The fourth-order valence-corrected chi connectivity index (χ4v) is 2.68. The predicted octanol–water partition coefficient (Wildman–Crippen LogP) is 2.34. The van der Waals surface area contributed by atoms with Gasteiger partial charge >= 0.3 is 0 Å². The van der Waals surface area contributed by atoms with Crippen LogP contribution in [0.25, 0.3) is 0 Å². The van der Waals surface area contributed by atoms with E-state index >= 15 is 0 Å². The van der Waals surface area contributed by atoms with Crippen LogP contribution >= 0.6 is 0 Å². The van der Waals surface area contributed by atoms with Gasteiger partial charge in [-0.2, -0.15) is 0 Å². The molecule has 1 rings (SSSR count). The highest BCUT2D eigenvalue weighted by Gasteiger charge is 2.27. The molecule has 0 aliphatic heterocycles. The SMILES string of the molecule is CCCC1CCC(O)C(CCCO)C1. The maximum atomic E-state index is 9.80. The fraction of sp³-hybridized carbons (Fsp3) is 1.00. The Labute approximate surface area is 87.3 Å². The van der Waals surface area contributed by atoms with Gasteiger partial charge in [0.05, 0.1) is 6.10 Å². The van der Waals surface area contributed by atoms with Crippen molar-refractivity contribution in [1.82, 2.24) is 0 Å². The van der Waals surface area contributed by atoms with E-state index in [1.807, 2.05) is 0 Å². The molecule has 0 aromatic carbocycles. The van der Waals surface area contributed by atoms with Crippen molar-refractivity contribution in [1.29, 1.82) is 0 Å². The van der Waals surface area contributed by atoms with E-state index in [1.165, 1.54) is 25.7 Å². The van der Waals surface area contributed by atoms with Crippen LogP contribution in [0.4, 0.5) is 0 Å². The second-order valence-corrected chi connectivity index (χ2v) is 4.66. The highest BCUT2D eigenvalue weighted by molar-refractivity contribution is 4.79. The molecule has 0 amide bonds. The minimum Gasteiger partial charge on any atom is -0.396 e. The van der Waals surface area contributed by atoms with Crippen molar-refractivity contribution in [3.63, 3.8) is 0 Å². The van der Waals surface area contributed by atoms with Crippen molar-refractivity contribution >= 4 is 0 Å². The van der Waals surface area contributed by atoms with Crippen LogP contribution in [0.2, 0.25) is 0 Å². The van der Waals surface area contributed by atoms with Gasteiger partial charge in [-0.25, -0.2) is 0 Å². The van der Waals surface area contributed by atoms with E-state index in [1.54, 1.807) is 0 Å². The summed E-state index contributed by atoms with van der Waals surface area (Å²) in [5, 5.41) is 18.6. The third-order valence-corrected chi connectivity index (χ3v) is 3.48. The summed E-state index contributed by atoms with van der Waals surface area (Å²) < 4.78 is 0. The zero-order valence-corrected chi connectivity index (χ0v) is 9.28. The molecule has 2 nitrogen and oxygen atoms in total. The van der Waals surface area contributed by atoms with Crippen molar-refractivity contribution in [2.75, 3.05) is 6.61 Å². The molecule has 14 heavy (non-hydrogen) atoms. The first kappa shape index (κ1) is 12.0. The molecule has 0 spiro atoms. The van der Waals surface area contributed by atoms with Gasteiger partial charge in [-0.05, 0) is 43.9 Å². The topological polar surface area (TPSA) is 40.5 Å². The second-order valence-electron chi connectivity index (χ2n) is 4.66. The van der Waals surface area contributed by atoms with Gasteiger partial charge < -0.3 is 10.2 Å². The molecule has 0 aromatic rings. The number of hydrogen-bond donors (Lipinski definition) is 2. The molecule has 1 fully saturated rings. The first-order valence-corrected chi connectivity index (χ1v) is 6.06. The van der Waals surface area contributed by atoms with Crippen molar-refractivity contribution < 1.29 is 10.2 Å². The highest BCUT2D eigenvalue weighted by atomic mass is 16.3. The molecule has 1 saturated carbocycles.